The largest absolute Gasteiger partial charge is 0.480 e. The van der Waals surface area contributed by atoms with Crippen LogP contribution in [0.25, 0.3) is 11.1 Å². The van der Waals surface area contributed by atoms with Crippen LogP contribution in [0.15, 0.2) is 97.1 Å². The lowest BCUT2D eigenvalue weighted by Crippen LogP contribution is -2.48. The minimum Gasteiger partial charge on any atom is -0.480 e. The van der Waals surface area contributed by atoms with Gasteiger partial charge in [-0.3, -0.25) is 24.0 Å². The third-order valence-electron chi connectivity index (χ3n) is 7.61. The second-order valence-electron chi connectivity index (χ2n) is 10.8. The molecular formula is C36H34N2O8. The van der Waals surface area contributed by atoms with Gasteiger partial charge in [0.05, 0.1) is 17.7 Å². The van der Waals surface area contributed by atoms with Crippen molar-refractivity contribution in [1.82, 2.24) is 4.90 Å². The molecule has 0 heterocycles. The molecule has 10 heteroatoms. The molecule has 0 saturated carbocycles. The number of hydrogen-bond acceptors (Lipinski definition) is 6. The summed E-state index contributed by atoms with van der Waals surface area (Å²) in [5.41, 5.74) is 1.26. The van der Waals surface area contributed by atoms with E-state index in [0.29, 0.717) is 11.1 Å². The first kappa shape index (κ1) is 33.1. The molecule has 3 N–H and O–H groups in total. The highest BCUT2D eigenvalue weighted by molar-refractivity contribution is 6.12. The number of aliphatic carboxylic acids is 2. The third kappa shape index (κ3) is 7.13. The molecule has 4 aromatic rings. The minimum absolute atomic E-state index is 0.0543. The fraction of sp³-hybridized carbons (Fsp3) is 0.194. The van der Waals surface area contributed by atoms with Gasteiger partial charge in [-0.25, -0.2) is 0 Å². The number of rotatable bonds is 12. The molecule has 0 aromatic heterocycles. The van der Waals surface area contributed by atoms with Crippen LogP contribution in [-0.4, -0.2) is 65.5 Å². The summed E-state index contributed by atoms with van der Waals surface area (Å²) in [4.78, 5) is 65.1. The molecule has 4 rings (SSSR count). The fourth-order valence-corrected chi connectivity index (χ4v) is 4.95. The fourth-order valence-electron chi connectivity index (χ4n) is 4.95. The summed E-state index contributed by atoms with van der Waals surface area (Å²) in [7, 11) is 3.09. The zero-order chi connectivity index (χ0) is 33.4. The Labute approximate surface area is 266 Å². The Hall–Kier alpha value is -5.77. The van der Waals surface area contributed by atoms with Gasteiger partial charge in [-0.05, 0) is 52.4 Å². The van der Waals surface area contributed by atoms with E-state index in [4.69, 9.17) is 4.74 Å². The molecule has 0 saturated heterocycles. The first-order valence-electron chi connectivity index (χ1n) is 14.5. The molecule has 0 fully saturated rings. The van der Waals surface area contributed by atoms with Gasteiger partial charge in [-0.1, -0.05) is 85.8 Å². The van der Waals surface area contributed by atoms with E-state index >= 15 is 0 Å². The maximum atomic E-state index is 13.5. The van der Waals surface area contributed by atoms with Gasteiger partial charge in [-0.15, -0.1) is 0 Å². The van der Waals surface area contributed by atoms with E-state index in [-0.39, 0.29) is 23.2 Å². The van der Waals surface area contributed by atoms with E-state index in [9.17, 15) is 34.2 Å². The standard InChI is InChI=1S/C36H34N2O8/c1-4-23-14-17-25(18-15-23)27-12-8-9-13-28(27)32(40)37-30-19-16-24(20-29(30)33(41)38(2)3)21-31(39)46-22-36(34(42)43,35(44)45)26-10-6-5-7-11-26/h5-20H,4,21-22H2,1-3H3,(H,37,40)(H,42,43)(H,44,45). The summed E-state index contributed by atoms with van der Waals surface area (Å²) < 4.78 is 5.19. The molecule has 0 atom stereocenters. The predicted octanol–water partition coefficient (Wildman–Crippen LogP) is 5.06. The molecule has 2 amide bonds. The maximum Gasteiger partial charge on any atom is 0.329 e. The van der Waals surface area contributed by atoms with E-state index in [1.807, 2.05) is 36.4 Å². The highest BCUT2D eigenvalue weighted by atomic mass is 16.5. The Morgan fingerprint density at radius 2 is 1.37 bits per heavy atom. The zero-order valence-electron chi connectivity index (χ0n) is 25.7. The van der Waals surface area contributed by atoms with Gasteiger partial charge in [0.25, 0.3) is 11.8 Å². The van der Waals surface area contributed by atoms with Crippen LogP contribution in [0.4, 0.5) is 5.69 Å². The SMILES string of the molecule is CCc1ccc(-c2ccccc2C(=O)Nc2ccc(CC(=O)OCC(C(=O)O)(C(=O)O)c3ccccc3)cc2C(=O)N(C)C)cc1. The van der Waals surface area contributed by atoms with E-state index < -0.39 is 41.7 Å². The monoisotopic (exact) mass is 622 g/mol. The summed E-state index contributed by atoms with van der Waals surface area (Å²) in [6.45, 7) is 1.12. The number of aryl methyl sites for hydroxylation is 1. The lowest BCUT2D eigenvalue weighted by Gasteiger charge is -2.25. The van der Waals surface area contributed by atoms with Crippen LogP contribution < -0.4 is 5.32 Å². The lowest BCUT2D eigenvalue weighted by atomic mass is 9.81. The summed E-state index contributed by atoms with van der Waals surface area (Å²) in [6.07, 6.45) is 0.501. The summed E-state index contributed by atoms with van der Waals surface area (Å²) in [6, 6.07) is 26.8. The van der Waals surface area contributed by atoms with Gasteiger partial charge in [0, 0.05) is 19.7 Å². The van der Waals surface area contributed by atoms with Gasteiger partial charge in [0.1, 0.15) is 6.61 Å². The van der Waals surface area contributed by atoms with Gasteiger partial charge in [0.2, 0.25) is 5.41 Å². The third-order valence-corrected chi connectivity index (χ3v) is 7.61. The second-order valence-corrected chi connectivity index (χ2v) is 10.8. The van der Waals surface area contributed by atoms with Crippen molar-refractivity contribution in [3.63, 3.8) is 0 Å². The first-order valence-corrected chi connectivity index (χ1v) is 14.5. The number of anilines is 1. The number of nitrogens with zero attached hydrogens (tertiary/aromatic N) is 1. The lowest BCUT2D eigenvalue weighted by molar-refractivity contribution is -0.163. The van der Waals surface area contributed by atoms with Crippen LogP contribution in [0.2, 0.25) is 0 Å². The van der Waals surface area contributed by atoms with Gasteiger partial charge < -0.3 is 25.2 Å². The Morgan fingerprint density at radius 3 is 1.98 bits per heavy atom. The van der Waals surface area contributed by atoms with Crippen molar-refractivity contribution in [3.8, 4) is 11.1 Å². The summed E-state index contributed by atoms with van der Waals surface area (Å²) in [5, 5.41) is 22.5. The van der Waals surface area contributed by atoms with Crippen molar-refractivity contribution in [1.29, 1.82) is 0 Å². The highest BCUT2D eigenvalue weighted by Gasteiger charge is 2.50. The summed E-state index contributed by atoms with van der Waals surface area (Å²) in [5.74, 6) is -5.13. The molecule has 0 unspecified atom stereocenters. The van der Waals surface area contributed by atoms with Crippen LogP contribution in [0.3, 0.4) is 0 Å². The van der Waals surface area contributed by atoms with E-state index in [1.165, 1.54) is 52.9 Å². The molecular weight excluding hydrogens is 588 g/mol. The van der Waals surface area contributed by atoms with E-state index in [0.717, 1.165) is 17.5 Å². The number of carbonyl (C=O) groups is 5. The number of benzene rings is 4. The maximum absolute atomic E-state index is 13.5. The number of nitrogens with one attached hydrogen (secondary N) is 1. The van der Waals surface area contributed by atoms with Crippen molar-refractivity contribution in [3.05, 3.63) is 125 Å². The molecule has 10 nitrogen and oxygen atoms in total. The van der Waals surface area contributed by atoms with Crippen LogP contribution in [0.5, 0.6) is 0 Å². The Morgan fingerprint density at radius 1 is 0.761 bits per heavy atom. The number of ether oxygens (including phenoxy) is 1. The Balaban J connectivity index is 1.57. The van der Waals surface area contributed by atoms with Crippen LogP contribution in [-0.2, 0) is 37.4 Å². The van der Waals surface area contributed by atoms with Gasteiger partial charge >= 0.3 is 17.9 Å². The highest BCUT2D eigenvalue weighted by Crippen LogP contribution is 2.28. The van der Waals surface area contributed by atoms with Gasteiger partial charge in [0.15, 0.2) is 0 Å². The van der Waals surface area contributed by atoms with Crippen molar-refractivity contribution in [2.45, 2.75) is 25.2 Å². The van der Waals surface area contributed by atoms with Crippen LogP contribution in [0, 0.1) is 0 Å². The molecule has 0 spiro atoms. The van der Waals surface area contributed by atoms with Crippen molar-refractivity contribution in [2.24, 2.45) is 0 Å². The number of esters is 1. The average Bonchev–Trinajstić information content (AvgIpc) is 3.05. The number of carbonyl (C=O) groups excluding carboxylic acids is 3. The Bertz CT molecular complexity index is 1750. The normalized spacial score (nSPS) is 10.9. The molecule has 0 aliphatic rings. The van der Waals surface area contributed by atoms with Gasteiger partial charge in [-0.2, -0.15) is 0 Å². The minimum atomic E-state index is -2.51. The average molecular weight is 623 g/mol. The first-order chi connectivity index (χ1) is 22.0. The number of hydrogen-bond donors (Lipinski definition) is 3. The molecule has 0 aliphatic carbocycles. The second kappa shape index (κ2) is 14.3. The summed E-state index contributed by atoms with van der Waals surface area (Å²) >= 11 is 0. The molecule has 46 heavy (non-hydrogen) atoms. The molecule has 4 aromatic carbocycles. The smallest absolute Gasteiger partial charge is 0.329 e. The predicted molar refractivity (Wildman–Crippen MR) is 172 cm³/mol. The van der Waals surface area contributed by atoms with Crippen molar-refractivity contribution < 1.29 is 38.9 Å². The molecule has 0 aliphatic heterocycles. The van der Waals surface area contributed by atoms with Crippen LogP contribution >= 0.6 is 0 Å². The van der Waals surface area contributed by atoms with Crippen molar-refractivity contribution in [2.75, 3.05) is 26.0 Å². The van der Waals surface area contributed by atoms with E-state index in [1.54, 1.807) is 32.3 Å². The zero-order valence-corrected chi connectivity index (χ0v) is 25.7. The molecule has 236 valence electrons. The molecule has 0 bridgehead atoms. The Kier molecular flexibility index (Phi) is 10.3. The topological polar surface area (TPSA) is 150 Å². The van der Waals surface area contributed by atoms with Crippen molar-refractivity contribution >= 4 is 35.4 Å². The van der Waals surface area contributed by atoms with E-state index in [2.05, 4.69) is 12.2 Å². The molecule has 0 radical (unpaired) electrons. The quantitative estimate of drug-likeness (QED) is 0.147. The number of amides is 2. The van der Waals surface area contributed by atoms with Crippen LogP contribution in [0.1, 0.15) is 44.3 Å². The number of carboxylic acid groups (broad SMARTS) is 2. The number of carboxylic acids is 2.